The van der Waals surface area contributed by atoms with Gasteiger partial charge in [-0.25, -0.2) is 9.97 Å². The van der Waals surface area contributed by atoms with Crippen LogP contribution in [0.2, 0.25) is 15.1 Å². The Morgan fingerprint density at radius 3 is 2.47 bits per heavy atom. The number of hydrogen-bond donors (Lipinski definition) is 3. The molecule has 6 aromatic rings. The van der Waals surface area contributed by atoms with Crippen LogP contribution in [0.5, 0.6) is 0 Å². The topological polar surface area (TPSA) is 111 Å². The Kier molecular flexibility index (Phi) is 9.87. The van der Waals surface area contributed by atoms with E-state index in [0.717, 1.165) is 48.1 Å². The van der Waals surface area contributed by atoms with Crippen LogP contribution < -0.4 is 15.5 Å². The van der Waals surface area contributed by atoms with Crippen LogP contribution in [0.3, 0.4) is 0 Å². The minimum atomic E-state index is -0.341. The first kappa shape index (κ1) is 35.2. The van der Waals surface area contributed by atoms with Crippen LogP contribution in [-0.2, 0) is 4.79 Å². The minimum Gasteiger partial charge on any atom is -0.355 e. The maximum Gasteiger partial charge on any atom is 0.272 e. The molecular weight excluding hydrogens is 731 g/mol. The number of fused-ring (bicyclic) bond motifs is 1. The minimum absolute atomic E-state index is 0.151. The lowest BCUT2D eigenvalue weighted by molar-refractivity contribution is -0.134. The second kappa shape index (κ2) is 14.9. The van der Waals surface area contributed by atoms with E-state index >= 15 is 0 Å². The number of aromatic amines is 1. The number of nitrogens with one attached hydrogen (secondary N) is 3. The molecule has 2 fully saturated rings. The number of rotatable bonds is 8. The fourth-order valence-corrected chi connectivity index (χ4v) is 8.35. The third kappa shape index (κ3) is 6.88. The summed E-state index contributed by atoms with van der Waals surface area (Å²) >= 11 is 19.5. The molecule has 0 aliphatic carbocycles. The number of halogens is 3. The van der Waals surface area contributed by atoms with Crippen LogP contribution in [-0.4, -0.2) is 75.0 Å². The molecule has 2 aliphatic rings. The standard InChI is InChI=1S/C40H37Cl3N8O2/c1-24(29-11-9-26(41)20-31(29)43)51-23-46-36(25-6-3-2-4-7-25)38(51)35-30-12-10-27(42)21-33(30)47-37(35)40(53)48-32-8-5-15-45-39(32)49-17-13-28(14-18-49)50-19-16-44-22-34(50)52/h2-12,15,20-21,23-24,28,44,47H,13-14,16-19,22H2,1H3,(H,48,53)/t24-/m0/s1. The monoisotopic (exact) mass is 766 g/mol. The molecule has 0 spiro atoms. The highest BCUT2D eigenvalue weighted by Crippen LogP contribution is 2.42. The first-order chi connectivity index (χ1) is 25.8. The summed E-state index contributed by atoms with van der Waals surface area (Å²) in [4.78, 5) is 44.5. The maximum atomic E-state index is 14.7. The molecule has 1 atom stereocenters. The van der Waals surface area contributed by atoms with Crippen LogP contribution in [0, 0.1) is 0 Å². The van der Waals surface area contributed by atoms with Gasteiger partial charge in [-0.2, -0.15) is 0 Å². The molecule has 270 valence electrons. The maximum absolute atomic E-state index is 14.7. The SMILES string of the molecule is C[C@@H](c1ccc(Cl)cc1Cl)n1cnc(-c2ccccc2)c1-c1c(C(=O)Nc2cccnc2N2CCC(N3CCNCC3=O)CC2)[nH]c2cc(Cl)ccc12. The van der Waals surface area contributed by atoms with E-state index in [2.05, 4.69) is 20.5 Å². The molecule has 0 unspecified atom stereocenters. The predicted octanol–water partition coefficient (Wildman–Crippen LogP) is 8.32. The van der Waals surface area contributed by atoms with E-state index in [-0.39, 0.29) is 23.9 Å². The van der Waals surface area contributed by atoms with Crippen LogP contribution in [0.25, 0.3) is 33.4 Å². The van der Waals surface area contributed by atoms with Gasteiger partial charge in [0.15, 0.2) is 5.82 Å². The lowest BCUT2D eigenvalue weighted by Crippen LogP contribution is -2.55. The number of carbonyl (C=O) groups excluding carboxylic acids is 2. The zero-order chi connectivity index (χ0) is 36.6. The average Bonchev–Trinajstić information content (AvgIpc) is 3.77. The molecule has 0 bridgehead atoms. The molecule has 5 heterocycles. The first-order valence-electron chi connectivity index (χ1n) is 17.7. The number of H-pyrrole nitrogens is 1. The summed E-state index contributed by atoms with van der Waals surface area (Å²) in [6.07, 6.45) is 5.18. The highest BCUT2D eigenvalue weighted by molar-refractivity contribution is 6.35. The number of imidazole rings is 1. The van der Waals surface area contributed by atoms with E-state index in [1.807, 2.05) is 89.2 Å². The summed E-state index contributed by atoms with van der Waals surface area (Å²) in [7, 11) is 0. The Balaban J connectivity index is 1.19. The number of carbonyl (C=O) groups is 2. The summed E-state index contributed by atoms with van der Waals surface area (Å²) < 4.78 is 2.05. The molecule has 2 saturated heterocycles. The summed E-state index contributed by atoms with van der Waals surface area (Å²) in [5.41, 5.74) is 5.52. The lowest BCUT2D eigenvalue weighted by atomic mass is 9.99. The highest BCUT2D eigenvalue weighted by Gasteiger charge is 2.32. The van der Waals surface area contributed by atoms with Crippen molar-refractivity contribution in [1.82, 2.24) is 29.7 Å². The second-order valence-corrected chi connectivity index (χ2v) is 14.7. The number of hydrogen-bond acceptors (Lipinski definition) is 6. The van der Waals surface area contributed by atoms with Crippen LogP contribution in [0.4, 0.5) is 11.5 Å². The van der Waals surface area contributed by atoms with Gasteiger partial charge in [-0.15, -0.1) is 0 Å². The average molecular weight is 768 g/mol. The molecule has 2 aliphatic heterocycles. The van der Waals surface area contributed by atoms with E-state index in [1.165, 1.54) is 0 Å². The van der Waals surface area contributed by atoms with Gasteiger partial charge in [0.25, 0.3) is 5.91 Å². The molecule has 3 N–H and O–H groups in total. The summed E-state index contributed by atoms with van der Waals surface area (Å²) in [6, 6.07) is 24.5. The number of pyridine rings is 1. The Labute approximate surface area is 322 Å². The largest absolute Gasteiger partial charge is 0.355 e. The van der Waals surface area contributed by atoms with Crippen molar-refractivity contribution in [3.63, 3.8) is 0 Å². The van der Waals surface area contributed by atoms with E-state index in [4.69, 9.17) is 44.8 Å². The number of amides is 2. The normalized spacial score (nSPS) is 16.0. The van der Waals surface area contributed by atoms with E-state index in [9.17, 15) is 9.59 Å². The molecule has 13 heteroatoms. The molecule has 3 aromatic heterocycles. The van der Waals surface area contributed by atoms with E-state index in [1.54, 1.807) is 18.6 Å². The van der Waals surface area contributed by atoms with Gasteiger partial charge in [0.2, 0.25) is 5.91 Å². The van der Waals surface area contributed by atoms with Crippen molar-refractivity contribution in [2.24, 2.45) is 0 Å². The molecule has 0 saturated carbocycles. The van der Waals surface area contributed by atoms with Gasteiger partial charge in [-0.3, -0.25) is 9.59 Å². The van der Waals surface area contributed by atoms with Gasteiger partial charge in [0.1, 0.15) is 5.69 Å². The van der Waals surface area contributed by atoms with Gasteiger partial charge >= 0.3 is 0 Å². The van der Waals surface area contributed by atoms with Crippen molar-refractivity contribution in [2.45, 2.75) is 31.8 Å². The molecule has 10 nitrogen and oxygen atoms in total. The van der Waals surface area contributed by atoms with Crippen molar-refractivity contribution >= 4 is 69.0 Å². The lowest BCUT2D eigenvalue weighted by Gasteiger charge is -2.41. The Morgan fingerprint density at radius 2 is 1.70 bits per heavy atom. The number of aromatic nitrogens is 4. The summed E-state index contributed by atoms with van der Waals surface area (Å²) in [6.45, 7) is 5.39. The fraction of sp³-hybridized carbons (Fsp3) is 0.250. The number of piperidine rings is 1. The summed E-state index contributed by atoms with van der Waals surface area (Å²) in [5.74, 6) is 0.498. The van der Waals surface area contributed by atoms with Crippen molar-refractivity contribution in [2.75, 3.05) is 42.9 Å². The van der Waals surface area contributed by atoms with Gasteiger partial charge in [-0.05, 0) is 61.7 Å². The Hall–Kier alpha value is -4.87. The molecule has 3 aromatic carbocycles. The first-order valence-corrected chi connectivity index (χ1v) is 18.8. The quantitative estimate of drug-likeness (QED) is 0.144. The van der Waals surface area contributed by atoms with Crippen molar-refractivity contribution in [1.29, 1.82) is 0 Å². The zero-order valence-corrected chi connectivity index (χ0v) is 31.2. The van der Waals surface area contributed by atoms with Gasteiger partial charge in [0.05, 0.1) is 36.0 Å². The van der Waals surface area contributed by atoms with Crippen molar-refractivity contribution < 1.29 is 9.59 Å². The van der Waals surface area contributed by atoms with E-state index in [0.29, 0.717) is 68.7 Å². The Bertz CT molecular complexity index is 2320. The highest BCUT2D eigenvalue weighted by atomic mass is 35.5. The second-order valence-electron chi connectivity index (χ2n) is 13.4. The molecule has 53 heavy (non-hydrogen) atoms. The predicted molar refractivity (Wildman–Crippen MR) is 212 cm³/mol. The third-order valence-electron chi connectivity index (χ3n) is 10.3. The molecule has 2 amide bonds. The molecular formula is C40H37Cl3N8O2. The number of anilines is 2. The fourth-order valence-electron chi connectivity index (χ4n) is 7.61. The van der Waals surface area contributed by atoms with Crippen LogP contribution >= 0.6 is 34.8 Å². The third-order valence-corrected chi connectivity index (χ3v) is 11.1. The van der Waals surface area contributed by atoms with Gasteiger partial charge < -0.3 is 30.0 Å². The van der Waals surface area contributed by atoms with Crippen LogP contribution in [0.1, 0.15) is 41.9 Å². The number of nitrogens with zero attached hydrogens (tertiary/aromatic N) is 5. The van der Waals surface area contributed by atoms with Gasteiger partial charge in [-0.1, -0.05) is 77.3 Å². The van der Waals surface area contributed by atoms with Gasteiger partial charge in [0, 0.05) is 75.5 Å². The summed E-state index contributed by atoms with van der Waals surface area (Å²) in [5, 5.41) is 8.77. The smallest absolute Gasteiger partial charge is 0.272 e. The van der Waals surface area contributed by atoms with E-state index < -0.39 is 0 Å². The zero-order valence-electron chi connectivity index (χ0n) is 29.0. The van der Waals surface area contributed by atoms with Crippen LogP contribution in [0.15, 0.2) is 91.4 Å². The molecule has 0 radical (unpaired) electrons. The van der Waals surface area contributed by atoms with Crippen molar-refractivity contribution in [3.05, 3.63) is 118 Å². The number of benzene rings is 3. The Morgan fingerprint density at radius 1 is 0.925 bits per heavy atom. The van der Waals surface area contributed by atoms with Crippen molar-refractivity contribution in [3.8, 4) is 22.5 Å². The number of piperazine rings is 1. The molecule has 8 rings (SSSR count).